The number of amides is 2. The molecule has 0 spiro atoms. The molecule has 0 saturated heterocycles. The number of benzene rings is 1. The Morgan fingerprint density at radius 2 is 1.74 bits per heavy atom. The predicted molar refractivity (Wildman–Crippen MR) is 133 cm³/mol. The molecule has 190 valence electrons. The Bertz CT molecular complexity index is 1020. The van der Waals surface area contributed by atoms with Crippen LogP contribution in [0, 0.1) is 0 Å². The first kappa shape index (κ1) is 27.9. The molecule has 0 fully saturated rings. The number of hydrogen-bond acceptors (Lipinski definition) is 6. The third kappa shape index (κ3) is 9.09. The topological polar surface area (TPSA) is 109 Å². The molecule has 0 aliphatic carbocycles. The molecule has 1 heterocycles. The number of halogens is 1. The lowest BCUT2D eigenvalue weighted by Gasteiger charge is -2.27. The van der Waals surface area contributed by atoms with Gasteiger partial charge >= 0.3 is 12.1 Å². The Labute approximate surface area is 210 Å². The van der Waals surface area contributed by atoms with Crippen molar-refractivity contribution >= 4 is 35.3 Å². The Balaban J connectivity index is 2.15. The van der Waals surface area contributed by atoms with Crippen molar-refractivity contribution in [2.24, 2.45) is 0 Å². The number of carboxylic acids is 1. The Morgan fingerprint density at radius 3 is 2.31 bits per heavy atom. The fourth-order valence-corrected chi connectivity index (χ4v) is 3.39. The van der Waals surface area contributed by atoms with E-state index in [1.807, 2.05) is 13.8 Å². The minimum atomic E-state index is -0.984. The largest absolute Gasteiger partial charge is 0.492 e. The molecular formula is C25H32ClN3O6. The highest BCUT2D eigenvalue weighted by Gasteiger charge is 2.24. The second kappa shape index (κ2) is 12.4. The molecule has 0 unspecified atom stereocenters. The summed E-state index contributed by atoms with van der Waals surface area (Å²) in [7, 11) is 0. The van der Waals surface area contributed by atoms with E-state index in [1.54, 1.807) is 57.4 Å². The van der Waals surface area contributed by atoms with Gasteiger partial charge in [-0.2, -0.15) is 0 Å². The number of aromatic nitrogens is 1. The average molecular weight is 506 g/mol. The van der Waals surface area contributed by atoms with Gasteiger partial charge in [0.05, 0.1) is 18.7 Å². The molecule has 0 bridgehead atoms. The SMILES string of the molecule is CC(C)N(CCC(=O)O)C(=O)c1cc(Cl)cc(OCCN(C(=O)OC(C)(C)C)c2ccncc2)c1. The first-order valence-corrected chi connectivity index (χ1v) is 11.6. The van der Waals surface area contributed by atoms with E-state index in [-0.39, 0.29) is 43.6 Å². The molecule has 10 heteroatoms. The zero-order valence-electron chi connectivity index (χ0n) is 20.7. The molecule has 1 N–H and O–H groups in total. The molecule has 0 atom stereocenters. The number of rotatable bonds is 10. The zero-order chi connectivity index (χ0) is 26.2. The maximum absolute atomic E-state index is 13.0. The number of anilines is 1. The van der Waals surface area contributed by atoms with Gasteiger partial charge in [-0.25, -0.2) is 4.79 Å². The van der Waals surface area contributed by atoms with Gasteiger partial charge in [-0.15, -0.1) is 0 Å². The summed E-state index contributed by atoms with van der Waals surface area (Å²) in [5, 5.41) is 9.29. The first-order valence-electron chi connectivity index (χ1n) is 11.2. The third-order valence-electron chi connectivity index (χ3n) is 4.74. The number of pyridine rings is 1. The van der Waals surface area contributed by atoms with Crippen LogP contribution in [0.15, 0.2) is 42.7 Å². The Kier molecular flexibility index (Phi) is 9.89. The van der Waals surface area contributed by atoms with Crippen LogP contribution in [0.1, 0.15) is 51.4 Å². The van der Waals surface area contributed by atoms with Gasteiger partial charge in [0.25, 0.3) is 5.91 Å². The van der Waals surface area contributed by atoms with Gasteiger partial charge in [-0.05, 0) is 65.0 Å². The Hall–Kier alpha value is -3.33. The minimum Gasteiger partial charge on any atom is -0.492 e. The molecule has 0 radical (unpaired) electrons. The van der Waals surface area contributed by atoms with Crippen molar-refractivity contribution in [3.63, 3.8) is 0 Å². The average Bonchev–Trinajstić information content (AvgIpc) is 2.75. The van der Waals surface area contributed by atoms with Crippen LogP contribution in [0.5, 0.6) is 5.75 Å². The van der Waals surface area contributed by atoms with Crippen LogP contribution in [0.25, 0.3) is 0 Å². The van der Waals surface area contributed by atoms with Crippen molar-refractivity contribution in [1.29, 1.82) is 0 Å². The number of carbonyl (C=O) groups is 3. The molecule has 0 aliphatic heterocycles. The summed E-state index contributed by atoms with van der Waals surface area (Å²) < 4.78 is 11.3. The van der Waals surface area contributed by atoms with Crippen LogP contribution in [-0.2, 0) is 9.53 Å². The van der Waals surface area contributed by atoms with Crippen LogP contribution >= 0.6 is 11.6 Å². The lowest BCUT2D eigenvalue weighted by atomic mass is 10.1. The van der Waals surface area contributed by atoms with E-state index >= 15 is 0 Å². The predicted octanol–water partition coefficient (Wildman–Crippen LogP) is 4.88. The maximum atomic E-state index is 13.0. The van der Waals surface area contributed by atoms with E-state index in [2.05, 4.69) is 4.98 Å². The second-order valence-corrected chi connectivity index (χ2v) is 9.53. The van der Waals surface area contributed by atoms with E-state index in [1.165, 1.54) is 15.9 Å². The van der Waals surface area contributed by atoms with Crippen LogP contribution in [0.3, 0.4) is 0 Å². The summed E-state index contributed by atoms with van der Waals surface area (Å²) >= 11 is 6.23. The molecule has 9 nitrogen and oxygen atoms in total. The highest BCUT2D eigenvalue weighted by atomic mass is 35.5. The number of aliphatic carboxylic acids is 1. The van der Waals surface area contributed by atoms with E-state index < -0.39 is 17.7 Å². The van der Waals surface area contributed by atoms with E-state index in [0.29, 0.717) is 16.5 Å². The molecule has 2 amide bonds. The highest BCUT2D eigenvalue weighted by Crippen LogP contribution is 2.24. The van der Waals surface area contributed by atoms with Crippen molar-refractivity contribution in [2.45, 2.75) is 52.7 Å². The van der Waals surface area contributed by atoms with Crippen molar-refractivity contribution < 1.29 is 29.0 Å². The first-order chi connectivity index (χ1) is 16.4. The summed E-state index contributed by atoms with van der Waals surface area (Å²) in [6, 6.07) is 7.81. The summed E-state index contributed by atoms with van der Waals surface area (Å²) in [5.74, 6) is -0.982. The van der Waals surface area contributed by atoms with Gasteiger partial charge in [0.2, 0.25) is 0 Å². The lowest BCUT2D eigenvalue weighted by Crippen LogP contribution is -2.39. The smallest absolute Gasteiger partial charge is 0.414 e. The lowest BCUT2D eigenvalue weighted by molar-refractivity contribution is -0.137. The number of nitrogens with zero attached hydrogens (tertiary/aromatic N) is 3. The van der Waals surface area contributed by atoms with E-state index in [4.69, 9.17) is 26.2 Å². The fourth-order valence-electron chi connectivity index (χ4n) is 3.17. The standard InChI is InChI=1S/C25H32ClN3O6/c1-17(2)28(11-8-22(30)31)23(32)18-14-19(26)16-21(15-18)34-13-12-29(20-6-9-27-10-7-20)24(33)35-25(3,4)5/h6-7,9-10,14-17H,8,11-13H2,1-5H3,(H,30,31). The van der Waals surface area contributed by atoms with Crippen LogP contribution < -0.4 is 9.64 Å². The molecule has 0 saturated carbocycles. The van der Waals surface area contributed by atoms with E-state index in [9.17, 15) is 14.4 Å². The van der Waals surface area contributed by atoms with Crippen molar-refractivity contribution in [3.8, 4) is 5.75 Å². The Morgan fingerprint density at radius 1 is 1.09 bits per heavy atom. The molecule has 2 aromatic rings. The maximum Gasteiger partial charge on any atom is 0.414 e. The number of carbonyl (C=O) groups excluding carboxylic acids is 2. The highest BCUT2D eigenvalue weighted by molar-refractivity contribution is 6.31. The fraction of sp³-hybridized carbons (Fsp3) is 0.440. The van der Waals surface area contributed by atoms with Gasteiger partial charge in [-0.3, -0.25) is 19.5 Å². The third-order valence-corrected chi connectivity index (χ3v) is 4.96. The molecule has 2 rings (SSSR count). The van der Waals surface area contributed by atoms with Gasteiger partial charge in [0.15, 0.2) is 0 Å². The molecular weight excluding hydrogens is 474 g/mol. The van der Waals surface area contributed by atoms with Gasteiger partial charge in [0.1, 0.15) is 18.0 Å². The number of carboxylic acid groups (broad SMARTS) is 1. The van der Waals surface area contributed by atoms with Crippen LogP contribution in [0.4, 0.5) is 10.5 Å². The summed E-state index contributed by atoms with van der Waals surface area (Å²) in [4.78, 5) is 43.7. The van der Waals surface area contributed by atoms with Crippen LogP contribution in [-0.4, -0.2) is 64.3 Å². The molecule has 35 heavy (non-hydrogen) atoms. The second-order valence-electron chi connectivity index (χ2n) is 9.10. The molecule has 1 aromatic heterocycles. The van der Waals surface area contributed by atoms with Crippen molar-refractivity contribution in [2.75, 3.05) is 24.6 Å². The van der Waals surface area contributed by atoms with Gasteiger partial charge in [-0.1, -0.05) is 11.6 Å². The summed E-state index contributed by atoms with van der Waals surface area (Å²) in [5.41, 5.74) is 0.213. The van der Waals surface area contributed by atoms with Gasteiger partial charge in [0, 0.05) is 35.6 Å². The van der Waals surface area contributed by atoms with Crippen LogP contribution in [0.2, 0.25) is 5.02 Å². The number of hydrogen-bond donors (Lipinski definition) is 1. The normalized spacial score (nSPS) is 11.2. The van der Waals surface area contributed by atoms with Crippen molar-refractivity contribution in [3.05, 3.63) is 53.3 Å². The summed E-state index contributed by atoms with van der Waals surface area (Å²) in [6.07, 6.45) is 2.46. The minimum absolute atomic E-state index is 0.0747. The van der Waals surface area contributed by atoms with E-state index in [0.717, 1.165) is 0 Å². The summed E-state index contributed by atoms with van der Waals surface area (Å²) in [6.45, 7) is 9.33. The monoisotopic (exact) mass is 505 g/mol. The van der Waals surface area contributed by atoms with Crippen molar-refractivity contribution in [1.82, 2.24) is 9.88 Å². The zero-order valence-corrected chi connectivity index (χ0v) is 21.4. The van der Waals surface area contributed by atoms with Gasteiger partial charge < -0.3 is 19.5 Å². The number of ether oxygens (including phenoxy) is 2. The molecule has 1 aromatic carbocycles. The molecule has 0 aliphatic rings. The quantitative estimate of drug-likeness (QED) is 0.490.